The summed E-state index contributed by atoms with van der Waals surface area (Å²) < 4.78 is 5.21. The molecule has 0 spiro atoms. The van der Waals surface area contributed by atoms with Gasteiger partial charge in [0, 0.05) is 26.2 Å². The van der Waals surface area contributed by atoms with E-state index in [1.165, 1.54) is 0 Å². The molecule has 0 radical (unpaired) electrons. The van der Waals surface area contributed by atoms with Gasteiger partial charge in [0.15, 0.2) is 0 Å². The van der Waals surface area contributed by atoms with E-state index < -0.39 is 0 Å². The van der Waals surface area contributed by atoms with Crippen molar-refractivity contribution in [1.29, 1.82) is 0 Å². The Balaban J connectivity index is 1.89. The highest BCUT2D eigenvalue weighted by Crippen LogP contribution is 2.13. The van der Waals surface area contributed by atoms with Gasteiger partial charge in [-0.15, -0.1) is 0 Å². The molecule has 0 amide bonds. The number of piperazine rings is 1. The zero-order valence-electron chi connectivity index (χ0n) is 7.20. The molecule has 0 saturated carbocycles. The summed E-state index contributed by atoms with van der Waals surface area (Å²) in [6.45, 7) is 5.33. The fourth-order valence-corrected chi connectivity index (χ4v) is 1.89. The Bertz CT molecular complexity index is 148. The predicted molar refractivity (Wildman–Crippen MR) is 45.1 cm³/mol. The average Bonchev–Trinajstić information content (AvgIpc) is 2.53. The molecule has 0 bridgehead atoms. The molecule has 2 heterocycles. The number of ether oxygens (including phenoxy) is 1. The lowest BCUT2D eigenvalue weighted by Gasteiger charge is -2.33. The Morgan fingerprint density at radius 2 is 2.00 bits per heavy atom. The normalized spacial score (nSPS) is 38.8. The molecule has 2 rings (SSSR count). The van der Waals surface area contributed by atoms with Gasteiger partial charge in [0.25, 0.3) is 0 Å². The van der Waals surface area contributed by atoms with Gasteiger partial charge in [0.05, 0.1) is 25.4 Å². The van der Waals surface area contributed by atoms with Crippen molar-refractivity contribution in [3.63, 3.8) is 0 Å². The SMILES string of the molecule is OC1COCC1N1CCNCC1. The van der Waals surface area contributed by atoms with Crippen LogP contribution < -0.4 is 5.32 Å². The van der Waals surface area contributed by atoms with Gasteiger partial charge in [-0.1, -0.05) is 0 Å². The van der Waals surface area contributed by atoms with Gasteiger partial charge in [-0.25, -0.2) is 0 Å². The molecule has 2 aliphatic rings. The third kappa shape index (κ3) is 1.61. The zero-order valence-corrected chi connectivity index (χ0v) is 7.20. The van der Waals surface area contributed by atoms with Crippen molar-refractivity contribution in [2.45, 2.75) is 12.1 Å². The molecular formula is C8H16N2O2. The summed E-state index contributed by atoms with van der Waals surface area (Å²) in [5, 5.41) is 12.8. The quantitative estimate of drug-likeness (QED) is 0.513. The Morgan fingerprint density at radius 1 is 1.25 bits per heavy atom. The lowest BCUT2D eigenvalue weighted by molar-refractivity contribution is 0.0746. The maximum atomic E-state index is 9.55. The van der Waals surface area contributed by atoms with Crippen LogP contribution in [0.2, 0.25) is 0 Å². The molecule has 2 aliphatic heterocycles. The molecular weight excluding hydrogens is 156 g/mol. The minimum Gasteiger partial charge on any atom is -0.389 e. The summed E-state index contributed by atoms with van der Waals surface area (Å²) >= 11 is 0. The summed E-state index contributed by atoms with van der Waals surface area (Å²) in [6.07, 6.45) is -0.275. The molecule has 4 heteroatoms. The molecule has 0 aromatic heterocycles. The predicted octanol–water partition coefficient (Wildman–Crippen LogP) is -1.35. The fourth-order valence-electron chi connectivity index (χ4n) is 1.89. The van der Waals surface area contributed by atoms with Gasteiger partial charge in [0.1, 0.15) is 0 Å². The van der Waals surface area contributed by atoms with Gasteiger partial charge < -0.3 is 15.2 Å². The third-order valence-electron chi connectivity index (χ3n) is 2.64. The van der Waals surface area contributed by atoms with E-state index in [0.717, 1.165) is 26.2 Å². The number of rotatable bonds is 1. The van der Waals surface area contributed by atoms with Crippen LogP contribution in [-0.2, 0) is 4.74 Å². The Hall–Kier alpha value is -0.160. The summed E-state index contributed by atoms with van der Waals surface area (Å²) in [4.78, 5) is 2.31. The third-order valence-corrected chi connectivity index (χ3v) is 2.64. The molecule has 0 aromatic carbocycles. The molecule has 4 nitrogen and oxygen atoms in total. The van der Waals surface area contributed by atoms with Gasteiger partial charge in [-0.3, -0.25) is 4.90 Å². The van der Waals surface area contributed by atoms with Crippen molar-refractivity contribution >= 4 is 0 Å². The van der Waals surface area contributed by atoms with Crippen LogP contribution in [0.4, 0.5) is 0 Å². The minimum absolute atomic E-state index is 0.243. The van der Waals surface area contributed by atoms with Crippen molar-refractivity contribution in [1.82, 2.24) is 10.2 Å². The van der Waals surface area contributed by atoms with Crippen LogP contribution in [0.1, 0.15) is 0 Å². The van der Waals surface area contributed by atoms with Crippen molar-refractivity contribution in [3.8, 4) is 0 Å². The maximum Gasteiger partial charge on any atom is 0.0950 e. The van der Waals surface area contributed by atoms with E-state index >= 15 is 0 Å². The van der Waals surface area contributed by atoms with Crippen LogP contribution in [0.15, 0.2) is 0 Å². The number of aliphatic hydroxyl groups excluding tert-OH is 1. The second-order valence-corrected chi connectivity index (χ2v) is 3.46. The standard InChI is InChI=1S/C8H16N2O2/c11-8-6-12-5-7(8)10-3-1-9-2-4-10/h7-9,11H,1-6H2. The van der Waals surface area contributed by atoms with Crippen molar-refractivity contribution in [2.75, 3.05) is 39.4 Å². The lowest BCUT2D eigenvalue weighted by Crippen LogP contribution is -2.52. The van der Waals surface area contributed by atoms with E-state index in [1.807, 2.05) is 0 Å². The first-order valence-corrected chi connectivity index (χ1v) is 4.58. The Kier molecular flexibility index (Phi) is 2.60. The minimum atomic E-state index is -0.275. The van der Waals surface area contributed by atoms with E-state index in [1.54, 1.807) is 0 Å². The van der Waals surface area contributed by atoms with Crippen LogP contribution >= 0.6 is 0 Å². The summed E-state index contributed by atoms with van der Waals surface area (Å²) in [5.74, 6) is 0. The van der Waals surface area contributed by atoms with Gasteiger partial charge in [-0.2, -0.15) is 0 Å². The second kappa shape index (κ2) is 3.70. The number of hydrogen-bond donors (Lipinski definition) is 2. The van der Waals surface area contributed by atoms with Crippen LogP contribution in [-0.4, -0.2) is 61.5 Å². The van der Waals surface area contributed by atoms with Gasteiger partial charge in [0.2, 0.25) is 0 Å². The van der Waals surface area contributed by atoms with Gasteiger partial charge >= 0.3 is 0 Å². The largest absolute Gasteiger partial charge is 0.389 e. The molecule has 0 aliphatic carbocycles. The van der Waals surface area contributed by atoms with Crippen LogP contribution in [0.25, 0.3) is 0 Å². The van der Waals surface area contributed by atoms with Crippen LogP contribution in [0.5, 0.6) is 0 Å². The molecule has 2 atom stereocenters. The monoisotopic (exact) mass is 172 g/mol. The highest BCUT2D eigenvalue weighted by molar-refractivity contribution is 4.85. The molecule has 70 valence electrons. The second-order valence-electron chi connectivity index (χ2n) is 3.46. The first kappa shape index (κ1) is 8.44. The maximum absolute atomic E-state index is 9.55. The van der Waals surface area contributed by atoms with E-state index in [4.69, 9.17) is 4.74 Å². The van der Waals surface area contributed by atoms with E-state index in [2.05, 4.69) is 10.2 Å². The van der Waals surface area contributed by atoms with Crippen molar-refractivity contribution < 1.29 is 9.84 Å². The molecule has 2 unspecified atom stereocenters. The van der Waals surface area contributed by atoms with Crippen LogP contribution in [0.3, 0.4) is 0 Å². The molecule has 2 N–H and O–H groups in total. The van der Waals surface area contributed by atoms with Crippen LogP contribution in [0, 0.1) is 0 Å². The van der Waals surface area contributed by atoms with E-state index in [-0.39, 0.29) is 12.1 Å². The van der Waals surface area contributed by atoms with Gasteiger partial charge in [-0.05, 0) is 0 Å². The number of nitrogens with one attached hydrogen (secondary N) is 1. The number of nitrogens with zero attached hydrogens (tertiary/aromatic N) is 1. The van der Waals surface area contributed by atoms with Crippen molar-refractivity contribution in [2.24, 2.45) is 0 Å². The molecule has 2 saturated heterocycles. The molecule has 2 fully saturated rings. The van der Waals surface area contributed by atoms with E-state index in [0.29, 0.717) is 13.2 Å². The summed E-state index contributed by atoms with van der Waals surface area (Å²) in [5.41, 5.74) is 0. The first-order chi connectivity index (χ1) is 5.88. The Morgan fingerprint density at radius 3 is 2.58 bits per heavy atom. The fraction of sp³-hybridized carbons (Fsp3) is 1.00. The number of aliphatic hydroxyl groups is 1. The topological polar surface area (TPSA) is 44.7 Å². The molecule has 0 aromatic rings. The summed E-state index contributed by atoms with van der Waals surface area (Å²) in [6, 6.07) is 0.243. The van der Waals surface area contributed by atoms with Crippen molar-refractivity contribution in [3.05, 3.63) is 0 Å². The first-order valence-electron chi connectivity index (χ1n) is 4.58. The Labute approximate surface area is 72.5 Å². The lowest BCUT2D eigenvalue weighted by atomic mass is 10.1. The smallest absolute Gasteiger partial charge is 0.0950 e. The zero-order chi connectivity index (χ0) is 8.39. The number of hydrogen-bond acceptors (Lipinski definition) is 4. The van der Waals surface area contributed by atoms with E-state index in [9.17, 15) is 5.11 Å². The highest BCUT2D eigenvalue weighted by atomic mass is 16.5. The average molecular weight is 172 g/mol. The summed E-state index contributed by atoms with van der Waals surface area (Å²) in [7, 11) is 0. The highest BCUT2D eigenvalue weighted by Gasteiger charge is 2.31. The molecule has 12 heavy (non-hydrogen) atoms.